The van der Waals surface area contributed by atoms with E-state index in [0.29, 0.717) is 11.2 Å². The molecule has 1 aromatic rings. The Morgan fingerprint density at radius 2 is 2.06 bits per heavy atom. The SMILES string of the molecule is CCCC(C)Oc1nnc(CNC(C)C)s1. The maximum absolute atomic E-state index is 5.66. The van der Waals surface area contributed by atoms with Gasteiger partial charge in [-0.25, -0.2) is 0 Å². The lowest BCUT2D eigenvalue weighted by molar-refractivity contribution is 0.207. The van der Waals surface area contributed by atoms with Crippen LogP contribution >= 0.6 is 11.3 Å². The Hall–Kier alpha value is -0.680. The summed E-state index contributed by atoms with van der Waals surface area (Å²) in [5.41, 5.74) is 0. The molecule has 0 bridgehead atoms. The van der Waals surface area contributed by atoms with Gasteiger partial charge in [0.15, 0.2) is 0 Å². The molecule has 0 aliphatic heterocycles. The summed E-state index contributed by atoms with van der Waals surface area (Å²) < 4.78 is 5.66. The van der Waals surface area contributed by atoms with Crippen LogP contribution in [0.5, 0.6) is 5.19 Å². The molecule has 0 fully saturated rings. The molecular weight excluding hydrogens is 222 g/mol. The monoisotopic (exact) mass is 243 g/mol. The summed E-state index contributed by atoms with van der Waals surface area (Å²) in [7, 11) is 0. The van der Waals surface area contributed by atoms with Gasteiger partial charge in [0.25, 0.3) is 5.19 Å². The van der Waals surface area contributed by atoms with Crippen LogP contribution in [0.2, 0.25) is 0 Å². The number of rotatable bonds is 7. The number of hydrogen-bond donors (Lipinski definition) is 1. The van der Waals surface area contributed by atoms with E-state index >= 15 is 0 Å². The van der Waals surface area contributed by atoms with Gasteiger partial charge in [-0.1, -0.05) is 43.6 Å². The molecule has 0 aromatic carbocycles. The lowest BCUT2D eigenvalue weighted by Gasteiger charge is -2.09. The van der Waals surface area contributed by atoms with E-state index in [4.69, 9.17) is 4.74 Å². The number of nitrogens with one attached hydrogen (secondary N) is 1. The van der Waals surface area contributed by atoms with Gasteiger partial charge in [-0.2, -0.15) is 0 Å². The van der Waals surface area contributed by atoms with E-state index in [1.165, 1.54) is 11.3 Å². The number of aromatic nitrogens is 2. The van der Waals surface area contributed by atoms with Gasteiger partial charge in [0.1, 0.15) is 5.01 Å². The van der Waals surface area contributed by atoms with Crippen LogP contribution in [0.4, 0.5) is 0 Å². The molecule has 0 saturated carbocycles. The average Bonchev–Trinajstić information content (AvgIpc) is 2.63. The zero-order valence-electron chi connectivity index (χ0n) is 10.5. The fourth-order valence-corrected chi connectivity index (χ4v) is 2.02. The molecule has 1 N–H and O–H groups in total. The third-order valence-electron chi connectivity index (χ3n) is 2.11. The number of hydrogen-bond acceptors (Lipinski definition) is 5. The fourth-order valence-electron chi connectivity index (χ4n) is 1.29. The van der Waals surface area contributed by atoms with Gasteiger partial charge < -0.3 is 10.1 Å². The predicted molar refractivity (Wildman–Crippen MR) is 66.9 cm³/mol. The molecule has 1 rings (SSSR count). The van der Waals surface area contributed by atoms with Crippen molar-refractivity contribution in [3.8, 4) is 5.19 Å². The van der Waals surface area contributed by atoms with Crippen molar-refractivity contribution in [3.05, 3.63) is 5.01 Å². The van der Waals surface area contributed by atoms with Crippen LogP contribution in [0.1, 0.15) is 45.5 Å². The molecule has 0 amide bonds. The summed E-state index contributed by atoms with van der Waals surface area (Å²) in [5.74, 6) is 0. The second kappa shape index (κ2) is 6.81. The van der Waals surface area contributed by atoms with Gasteiger partial charge in [-0.05, 0) is 13.3 Å². The van der Waals surface area contributed by atoms with Crippen LogP contribution in [0.25, 0.3) is 0 Å². The molecule has 0 saturated heterocycles. The zero-order valence-corrected chi connectivity index (χ0v) is 11.3. The Labute approximate surface area is 101 Å². The zero-order chi connectivity index (χ0) is 12.0. The molecule has 0 aliphatic rings. The Bertz CT molecular complexity index is 301. The molecular formula is C11H21N3OS. The van der Waals surface area contributed by atoms with Crippen molar-refractivity contribution in [3.63, 3.8) is 0 Å². The van der Waals surface area contributed by atoms with E-state index in [-0.39, 0.29) is 6.10 Å². The lowest BCUT2D eigenvalue weighted by Crippen LogP contribution is -2.21. The smallest absolute Gasteiger partial charge is 0.294 e. The van der Waals surface area contributed by atoms with E-state index in [0.717, 1.165) is 24.4 Å². The molecule has 0 spiro atoms. The molecule has 1 heterocycles. The average molecular weight is 243 g/mol. The first kappa shape index (κ1) is 13.4. The van der Waals surface area contributed by atoms with Crippen molar-refractivity contribution in [2.75, 3.05) is 0 Å². The largest absolute Gasteiger partial charge is 0.466 e. The van der Waals surface area contributed by atoms with Crippen LogP contribution in [0.3, 0.4) is 0 Å². The third kappa shape index (κ3) is 4.90. The van der Waals surface area contributed by atoms with E-state index in [9.17, 15) is 0 Å². The maximum Gasteiger partial charge on any atom is 0.294 e. The second-order valence-electron chi connectivity index (χ2n) is 4.21. The summed E-state index contributed by atoms with van der Waals surface area (Å²) in [4.78, 5) is 0. The standard InChI is InChI=1S/C11H21N3OS/c1-5-6-9(4)15-11-14-13-10(16-11)7-12-8(2)3/h8-9,12H,5-7H2,1-4H3. The first-order valence-corrected chi connectivity index (χ1v) is 6.65. The first-order valence-electron chi connectivity index (χ1n) is 5.84. The Morgan fingerprint density at radius 3 is 2.69 bits per heavy atom. The van der Waals surface area contributed by atoms with E-state index in [1.807, 2.05) is 0 Å². The van der Waals surface area contributed by atoms with Crippen LogP contribution in [-0.2, 0) is 6.54 Å². The molecule has 1 unspecified atom stereocenters. The van der Waals surface area contributed by atoms with E-state index < -0.39 is 0 Å². The summed E-state index contributed by atoms with van der Waals surface area (Å²) in [6.07, 6.45) is 2.41. The van der Waals surface area contributed by atoms with Crippen molar-refractivity contribution in [2.45, 2.75) is 59.2 Å². The van der Waals surface area contributed by atoms with Crippen LogP contribution in [-0.4, -0.2) is 22.3 Å². The molecule has 1 aromatic heterocycles. The normalized spacial score (nSPS) is 13.1. The van der Waals surface area contributed by atoms with Crippen LogP contribution in [0, 0.1) is 0 Å². The maximum atomic E-state index is 5.66. The highest BCUT2D eigenvalue weighted by molar-refractivity contribution is 7.13. The minimum Gasteiger partial charge on any atom is -0.466 e. The predicted octanol–water partition coefficient (Wildman–Crippen LogP) is 2.60. The highest BCUT2D eigenvalue weighted by Crippen LogP contribution is 2.20. The number of nitrogens with zero attached hydrogens (tertiary/aromatic N) is 2. The first-order chi connectivity index (χ1) is 7.61. The summed E-state index contributed by atoms with van der Waals surface area (Å²) >= 11 is 1.52. The molecule has 4 nitrogen and oxygen atoms in total. The summed E-state index contributed by atoms with van der Waals surface area (Å²) in [5, 5.41) is 13.1. The third-order valence-corrected chi connectivity index (χ3v) is 2.92. The van der Waals surface area contributed by atoms with Crippen LogP contribution < -0.4 is 10.1 Å². The van der Waals surface area contributed by atoms with Crippen molar-refractivity contribution in [1.82, 2.24) is 15.5 Å². The van der Waals surface area contributed by atoms with Crippen molar-refractivity contribution >= 4 is 11.3 Å². The van der Waals surface area contributed by atoms with Gasteiger partial charge in [0.05, 0.1) is 12.6 Å². The van der Waals surface area contributed by atoms with Gasteiger partial charge in [-0.15, -0.1) is 5.10 Å². The minimum atomic E-state index is 0.226. The van der Waals surface area contributed by atoms with Crippen LogP contribution in [0.15, 0.2) is 0 Å². The molecule has 16 heavy (non-hydrogen) atoms. The fraction of sp³-hybridized carbons (Fsp3) is 0.818. The Kier molecular flexibility index (Phi) is 5.69. The lowest BCUT2D eigenvalue weighted by atomic mass is 10.2. The van der Waals surface area contributed by atoms with Crippen molar-refractivity contribution < 1.29 is 4.74 Å². The Balaban J connectivity index is 2.39. The van der Waals surface area contributed by atoms with Gasteiger partial charge in [-0.3, -0.25) is 0 Å². The molecule has 1 atom stereocenters. The second-order valence-corrected chi connectivity index (χ2v) is 5.24. The highest BCUT2D eigenvalue weighted by atomic mass is 32.1. The van der Waals surface area contributed by atoms with Gasteiger partial charge in [0, 0.05) is 6.04 Å². The van der Waals surface area contributed by atoms with Crippen molar-refractivity contribution in [1.29, 1.82) is 0 Å². The van der Waals surface area contributed by atoms with Gasteiger partial charge in [0.2, 0.25) is 0 Å². The molecule has 92 valence electrons. The highest BCUT2D eigenvalue weighted by Gasteiger charge is 2.08. The molecule has 0 aliphatic carbocycles. The molecule has 0 radical (unpaired) electrons. The van der Waals surface area contributed by atoms with E-state index in [1.54, 1.807) is 0 Å². The number of ether oxygens (including phenoxy) is 1. The minimum absolute atomic E-state index is 0.226. The summed E-state index contributed by atoms with van der Waals surface area (Å²) in [6, 6.07) is 0.465. The van der Waals surface area contributed by atoms with Crippen molar-refractivity contribution in [2.24, 2.45) is 0 Å². The molecule has 5 heteroatoms. The Morgan fingerprint density at radius 1 is 1.31 bits per heavy atom. The topological polar surface area (TPSA) is 47.0 Å². The summed E-state index contributed by atoms with van der Waals surface area (Å²) in [6.45, 7) is 9.21. The van der Waals surface area contributed by atoms with E-state index in [2.05, 4.69) is 43.2 Å². The quantitative estimate of drug-likeness (QED) is 0.799. The van der Waals surface area contributed by atoms with Gasteiger partial charge >= 0.3 is 0 Å².